The molecular formula is C26H28ClN5O3. The number of amides is 4. The van der Waals surface area contributed by atoms with Gasteiger partial charge in [0.1, 0.15) is 12.2 Å². The third kappa shape index (κ3) is 5.26. The van der Waals surface area contributed by atoms with Gasteiger partial charge in [0.15, 0.2) is 0 Å². The fourth-order valence-electron chi connectivity index (χ4n) is 4.59. The maximum absolute atomic E-state index is 13.6. The summed E-state index contributed by atoms with van der Waals surface area (Å²) >= 11 is 5.92. The number of hydrogen-bond acceptors (Lipinski definition) is 4. The van der Waals surface area contributed by atoms with Gasteiger partial charge in [0.05, 0.1) is 19.6 Å². The summed E-state index contributed by atoms with van der Waals surface area (Å²) in [6.45, 7) is 0.902. The highest BCUT2D eigenvalue weighted by atomic mass is 35.5. The highest BCUT2D eigenvalue weighted by molar-refractivity contribution is 6.17. The summed E-state index contributed by atoms with van der Waals surface area (Å²) < 4.78 is 0. The van der Waals surface area contributed by atoms with Crippen LogP contribution in [0.4, 0.5) is 4.79 Å². The minimum atomic E-state index is -0.838. The van der Waals surface area contributed by atoms with Crippen LogP contribution in [-0.4, -0.2) is 75.9 Å². The van der Waals surface area contributed by atoms with Crippen LogP contribution in [0.1, 0.15) is 23.6 Å². The Kier molecular flexibility index (Phi) is 7.91. The second-order valence-electron chi connectivity index (χ2n) is 8.44. The average molecular weight is 494 g/mol. The molecule has 0 aliphatic carbocycles. The number of nitrogens with one attached hydrogen (secondary N) is 1. The predicted octanol–water partition coefficient (Wildman–Crippen LogP) is 2.43. The van der Waals surface area contributed by atoms with Crippen LogP contribution in [0.25, 0.3) is 0 Å². The van der Waals surface area contributed by atoms with Crippen molar-refractivity contribution in [3.05, 3.63) is 71.8 Å². The number of halogens is 1. The Morgan fingerprint density at radius 2 is 1.77 bits per heavy atom. The lowest BCUT2D eigenvalue weighted by atomic mass is 9.98. The lowest BCUT2D eigenvalue weighted by molar-refractivity contribution is -0.189. The summed E-state index contributed by atoms with van der Waals surface area (Å²) in [5.74, 6) is 2.51. The van der Waals surface area contributed by atoms with Gasteiger partial charge in [0.2, 0.25) is 11.8 Å². The van der Waals surface area contributed by atoms with E-state index in [1.165, 1.54) is 9.91 Å². The molecule has 2 aromatic rings. The molecule has 2 heterocycles. The molecule has 2 fully saturated rings. The molecule has 0 radical (unpaired) electrons. The summed E-state index contributed by atoms with van der Waals surface area (Å²) in [6.07, 6.45) is 5.47. The Labute approximate surface area is 210 Å². The van der Waals surface area contributed by atoms with E-state index in [0.29, 0.717) is 31.0 Å². The maximum atomic E-state index is 13.6. The zero-order valence-corrected chi connectivity index (χ0v) is 20.1. The number of fused-ring (bicyclic) bond motifs is 1. The highest BCUT2D eigenvalue weighted by Gasteiger charge is 2.51. The Bertz CT molecular complexity index is 1090. The molecule has 35 heavy (non-hydrogen) atoms. The molecule has 8 nitrogen and oxygen atoms in total. The van der Waals surface area contributed by atoms with Crippen LogP contribution in [0, 0.1) is 12.3 Å². The van der Waals surface area contributed by atoms with E-state index in [0.717, 1.165) is 5.56 Å². The maximum Gasteiger partial charge on any atom is 0.334 e. The largest absolute Gasteiger partial charge is 0.337 e. The van der Waals surface area contributed by atoms with E-state index in [-0.39, 0.29) is 37.5 Å². The van der Waals surface area contributed by atoms with Crippen molar-refractivity contribution in [2.24, 2.45) is 0 Å². The van der Waals surface area contributed by atoms with Crippen LogP contribution < -0.4 is 5.32 Å². The number of terminal acetylenes is 1. The van der Waals surface area contributed by atoms with Gasteiger partial charge in [0.25, 0.3) is 0 Å². The highest BCUT2D eigenvalue weighted by Crippen LogP contribution is 2.34. The molecule has 2 aliphatic heterocycles. The summed E-state index contributed by atoms with van der Waals surface area (Å²) in [4.78, 5) is 43.7. The molecular weight excluding hydrogens is 466 g/mol. The number of hydrogen-bond donors (Lipinski definition) is 1. The zero-order chi connectivity index (χ0) is 24.8. The van der Waals surface area contributed by atoms with Gasteiger partial charge in [-0.1, -0.05) is 66.6 Å². The van der Waals surface area contributed by atoms with E-state index < -0.39 is 12.2 Å². The minimum Gasteiger partial charge on any atom is -0.337 e. The van der Waals surface area contributed by atoms with E-state index >= 15 is 0 Å². The topological polar surface area (TPSA) is 76.2 Å². The first kappa shape index (κ1) is 24.6. The molecule has 182 valence electrons. The second-order valence-corrected chi connectivity index (χ2v) is 8.82. The molecule has 2 saturated heterocycles. The SMILES string of the molecule is C#CCN1CC(=O)N2[C@@H](c3ccccc3)C(=O)N(CCCCl)C[C@@H]2N1C(=O)NCc1ccccc1. The summed E-state index contributed by atoms with van der Waals surface area (Å²) in [5.41, 5.74) is 1.64. The number of rotatable bonds is 7. The average Bonchev–Trinajstić information content (AvgIpc) is 2.88. The van der Waals surface area contributed by atoms with E-state index in [4.69, 9.17) is 18.0 Å². The molecule has 2 atom stereocenters. The molecule has 1 N–H and O–H groups in total. The van der Waals surface area contributed by atoms with Crippen molar-refractivity contribution in [2.45, 2.75) is 25.2 Å². The number of carbonyl (C=O) groups excluding carboxylic acids is 3. The van der Waals surface area contributed by atoms with Crippen LogP contribution in [0.15, 0.2) is 60.7 Å². The smallest absolute Gasteiger partial charge is 0.334 e. The van der Waals surface area contributed by atoms with Gasteiger partial charge in [0, 0.05) is 19.0 Å². The van der Waals surface area contributed by atoms with Crippen LogP contribution in [0.5, 0.6) is 0 Å². The van der Waals surface area contributed by atoms with Gasteiger partial charge in [-0.3, -0.25) is 9.59 Å². The lowest BCUT2D eigenvalue weighted by Gasteiger charge is -2.54. The van der Waals surface area contributed by atoms with E-state index in [2.05, 4.69) is 11.2 Å². The Morgan fingerprint density at radius 1 is 1.09 bits per heavy atom. The fraction of sp³-hybridized carbons (Fsp3) is 0.346. The van der Waals surface area contributed by atoms with Crippen LogP contribution >= 0.6 is 11.6 Å². The van der Waals surface area contributed by atoms with Crippen molar-refractivity contribution in [2.75, 3.05) is 32.1 Å². The van der Waals surface area contributed by atoms with Crippen molar-refractivity contribution in [3.8, 4) is 12.3 Å². The first-order valence-electron chi connectivity index (χ1n) is 11.5. The molecule has 0 saturated carbocycles. The van der Waals surface area contributed by atoms with Crippen LogP contribution in [0.3, 0.4) is 0 Å². The predicted molar refractivity (Wildman–Crippen MR) is 133 cm³/mol. The van der Waals surface area contributed by atoms with Crippen LogP contribution in [-0.2, 0) is 16.1 Å². The van der Waals surface area contributed by atoms with Crippen molar-refractivity contribution < 1.29 is 14.4 Å². The molecule has 4 rings (SSSR count). The molecule has 2 aliphatic rings. The number of carbonyl (C=O) groups is 3. The van der Waals surface area contributed by atoms with Crippen molar-refractivity contribution in [1.82, 2.24) is 25.1 Å². The van der Waals surface area contributed by atoms with E-state index in [1.807, 2.05) is 60.7 Å². The third-order valence-corrected chi connectivity index (χ3v) is 6.43. The fourth-order valence-corrected chi connectivity index (χ4v) is 4.71. The number of benzene rings is 2. The van der Waals surface area contributed by atoms with Gasteiger partial charge in [-0.05, 0) is 17.5 Å². The number of alkyl halides is 1. The summed E-state index contributed by atoms with van der Waals surface area (Å²) in [6, 6.07) is 17.5. The second kappa shape index (κ2) is 11.3. The normalized spacial score (nSPS) is 20.4. The summed E-state index contributed by atoms with van der Waals surface area (Å²) in [7, 11) is 0. The Balaban J connectivity index is 1.69. The Hall–Kier alpha value is -3.54. The lowest BCUT2D eigenvalue weighted by Crippen LogP contribution is -2.74. The number of nitrogens with zero attached hydrogens (tertiary/aromatic N) is 4. The first-order valence-corrected chi connectivity index (χ1v) is 12.1. The molecule has 0 aromatic heterocycles. The van der Waals surface area contributed by atoms with Crippen molar-refractivity contribution >= 4 is 29.4 Å². The molecule has 0 spiro atoms. The van der Waals surface area contributed by atoms with Crippen LogP contribution in [0.2, 0.25) is 0 Å². The van der Waals surface area contributed by atoms with Gasteiger partial charge < -0.3 is 15.1 Å². The van der Waals surface area contributed by atoms with Gasteiger partial charge in [-0.25, -0.2) is 9.80 Å². The Morgan fingerprint density at radius 3 is 2.43 bits per heavy atom. The monoisotopic (exact) mass is 493 g/mol. The molecule has 0 unspecified atom stereocenters. The molecule has 4 amide bonds. The standard InChI is InChI=1S/C26H28ClN5O3/c1-2-15-30-19-23(33)31-22(32(30)26(35)28-17-20-10-5-3-6-11-20)18-29(16-9-14-27)25(34)24(31)21-12-7-4-8-13-21/h1,3-8,10-13,22,24H,9,14-19H2,(H,28,35)/t22-,24-/m0/s1. The van der Waals surface area contributed by atoms with E-state index in [9.17, 15) is 14.4 Å². The third-order valence-electron chi connectivity index (χ3n) is 6.17. The quantitative estimate of drug-likeness (QED) is 0.475. The minimum absolute atomic E-state index is 0.0838. The number of piperazine rings is 1. The van der Waals surface area contributed by atoms with Gasteiger partial charge >= 0.3 is 6.03 Å². The summed E-state index contributed by atoms with van der Waals surface area (Å²) in [5, 5.41) is 6.01. The number of hydrazine groups is 1. The van der Waals surface area contributed by atoms with Gasteiger partial charge in [-0.2, -0.15) is 5.01 Å². The van der Waals surface area contributed by atoms with Gasteiger partial charge in [-0.15, -0.1) is 18.0 Å². The molecule has 0 bridgehead atoms. The molecule has 9 heteroatoms. The van der Waals surface area contributed by atoms with E-state index in [1.54, 1.807) is 9.91 Å². The number of urea groups is 1. The first-order chi connectivity index (χ1) is 17.0. The van der Waals surface area contributed by atoms with Crippen molar-refractivity contribution in [1.29, 1.82) is 0 Å². The van der Waals surface area contributed by atoms with Crippen molar-refractivity contribution in [3.63, 3.8) is 0 Å². The molecule has 2 aromatic carbocycles. The zero-order valence-electron chi connectivity index (χ0n) is 19.3.